The Morgan fingerprint density at radius 1 is 0.826 bits per heavy atom. The average molecular weight is 371 g/mol. The second-order valence-corrected chi connectivity index (χ2v) is 4.52. The molecule has 3 N–H and O–H groups in total. The predicted molar refractivity (Wildman–Crippen MR) is 96.9 cm³/mol. The van der Waals surface area contributed by atoms with E-state index in [1.54, 1.807) is 21.3 Å². The fraction of sp³-hybridized carbons (Fsp3) is 0.600. The minimum Gasteiger partial charge on any atom is -0.496 e. The molecule has 6 nitrogen and oxygen atoms in total. The van der Waals surface area contributed by atoms with Gasteiger partial charge in [-0.25, -0.2) is 0 Å². The number of nitrogens with one attached hydrogen (secondary N) is 2. The summed E-state index contributed by atoms with van der Waals surface area (Å²) in [6.07, 6.45) is 0.996. The van der Waals surface area contributed by atoms with E-state index < -0.39 is 0 Å². The van der Waals surface area contributed by atoms with Gasteiger partial charge < -0.3 is 30.0 Å². The van der Waals surface area contributed by atoms with Gasteiger partial charge in [-0.3, -0.25) is 0 Å². The zero-order valence-electron chi connectivity index (χ0n) is 13.9. The molecule has 1 aromatic rings. The highest BCUT2D eigenvalue weighted by Gasteiger charge is 2.11. The number of hydrogen-bond donors (Lipinski definition) is 3. The van der Waals surface area contributed by atoms with Crippen LogP contribution in [0.1, 0.15) is 12.0 Å². The monoisotopic (exact) mass is 370 g/mol. The fourth-order valence-corrected chi connectivity index (χ4v) is 2.00. The average Bonchev–Trinajstić information content (AvgIpc) is 2.53. The van der Waals surface area contributed by atoms with Crippen LogP contribution >= 0.6 is 24.8 Å². The minimum atomic E-state index is 0. The van der Waals surface area contributed by atoms with E-state index in [9.17, 15) is 0 Å². The molecule has 0 bridgehead atoms. The molecule has 0 fully saturated rings. The van der Waals surface area contributed by atoms with Crippen LogP contribution in [-0.2, 0) is 6.54 Å². The quantitative estimate of drug-likeness (QED) is 0.514. The van der Waals surface area contributed by atoms with Crippen molar-refractivity contribution in [3.63, 3.8) is 0 Å². The molecule has 0 aromatic heterocycles. The van der Waals surface area contributed by atoms with Crippen molar-refractivity contribution < 1.29 is 19.3 Å². The first-order valence-corrected chi connectivity index (χ1v) is 7.08. The van der Waals surface area contributed by atoms with Gasteiger partial charge in [-0.15, -0.1) is 24.8 Å². The van der Waals surface area contributed by atoms with Gasteiger partial charge in [0.05, 0.1) is 27.9 Å². The normalized spacial score (nSPS) is 9.57. The molecule has 0 radical (unpaired) electrons. The summed E-state index contributed by atoms with van der Waals surface area (Å²) in [5.41, 5.74) is 1.03. The van der Waals surface area contributed by atoms with E-state index in [0.29, 0.717) is 24.6 Å². The standard InChI is InChI=1S/C15H26N2O4.2ClH/c1-19-13-10-15(21-3)14(20-2)9-12(13)11-17-6-4-5-16-7-8-18;;/h9-10,16-18H,4-8,11H2,1-3H3;2*1H. The first kappa shape index (κ1) is 24.3. The molecule has 8 heteroatoms. The number of hydrogen-bond acceptors (Lipinski definition) is 6. The molecule has 0 atom stereocenters. The number of methoxy groups -OCH3 is 3. The Bertz CT molecular complexity index is 423. The van der Waals surface area contributed by atoms with Crippen LogP contribution < -0.4 is 24.8 Å². The van der Waals surface area contributed by atoms with E-state index >= 15 is 0 Å². The SMILES string of the molecule is COc1cc(OC)c(OC)cc1CNCCCNCCO.Cl.Cl. The van der Waals surface area contributed by atoms with Crippen molar-refractivity contribution in [3.8, 4) is 17.2 Å². The smallest absolute Gasteiger partial charge is 0.164 e. The van der Waals surface area contributed by atoms with E-state index in [-0.39, 0.29) is 31.4 Å². The van der Waals surface area contributed by atoms with Crippen molar-refractivity contribution in [3.05, 3.63) is 17.7 Å². The van der Waals surface area contributed by atoms with E-state index in [0.717, 1.165) is 30.8 Å². The van der Waals surface area contributed by atoms with E-state index in [1.807, 2.05) is 12.1 Å². The van der Waals surface area contributed by atoms with Gasteiger partial charge in [-0.1, -0.05) is 0 Å². The van der Waals surface area contributed by atoms with E-state index in [1.165, 1.54) is 0 Å². The van der Waals surface area contributed by atoms with Crippen LogP contribution in [0.25, 0.3) is 0 Å². The van der Waals surface area contributed by atoms with Crippen molar-refractivity contribution in [2.45, 2.75) is 13.0 Å². The second kappa shape index (κ2) is 14.7. The molecule has 0 unspecified atom stereocenters. The van der Waals surface area contributed by atoms with Crippen molar-refractivity contribution in [1.29, 1.82) is 0 Å². The molecule has 0 saturated heterocycles. The third kappa shape index (κ3) is 8.48. The Labute approximate surface area is 150 Å². The number of ether oxygens (including phenoxy) is 3. The maximum absolute atomic E-state index is 8.65. The first-order chi connectivity index (χ1) is 10.3. The minimum absolute atomic E-state index is 0. The Balaban J connectivity index is 0. The Morgan fingerprint density at radius 2 is 1.39 bits per heavy atom. The third-order valence-electron chi connectivity index (χ3n) is 3.10. The van der Waals surface area contributed by atoms with Crippen molar-refractivity contribution in [2.75, 3.05) is 47.6 Å². The van der Waals surface area contributed by atoms with Crippen LogP contribution in [0, 0.1) is 0 Å². The molecule has 0 aliphatic heterocycles. The van der Waals surface area contributed by atoms with Gasteiger partial charge in [0, 0.05) is 24.7 Å². The maximum Gasteiger partial charge on any atom is 0.164 e. The van der Waals surface area contributed by atoms with Gasteiger partial charge in [0.25, 0.3) is 0 Å². The summed E-state index contributed by atoms with van der Waals surface area (Å²) in [4.78, 5) is 0. The van der Waals surface area contributed by atoms with Crippen molar-refractivity contribution in [1.82, 2.24) is 10.6 Å². The molecule has 0 aliphatic rings. The highest BCUT2D eigenvalue weighted by molar-refractivity contribution is 5.85. The predicted octanol–water partition coefficient (Wildman–Crippen LogP) is 1.62. The van der Waals surface area contributed by atoms with Crippen molar-refractivity contribution >= 4 is 24.8 Å². The number of rotatable bonds is 11. The second-order valence-electron chi connectivity index (χ2n) is 4.52. The number of halogens is 2. The van der Waals surface area contributed by atoms with Gasteiger partial charge in [-0.2, -0.15) is 0 Å². The third-order valence-corrected chi connectivity index (χ3v) is 3.10. The zero-order chi connectivity index (χ0) is 15.5. The summed E-state index contributed by atoms with van der Waals surface area (Å²) in [7, 11) is 4.87. The molecule has 0 amide bonds. The molecule has 1 aromatic carbocycles. The Hall–Kier alpha value is -0.920. The van der Waals surface area contributed by atoms with Crippen LogP contribution in [0.2, 0.25) is 0 Å². The van der Waals surface area contributed by atoms with E-state index in [2.05, 4.69) is 10.6 Å². The molecule has 23 heavy (non-hydrogen) atoms. The molecular weight excluding hydrogens is 343 g/mol. The summed E-state index contributed by atoms with van der Waals surface area (Å²) in [5, 5.41) is 15.2. The topological polar surface area (TPSA) is 72.0 Å². The lowest BCUT2D eigenvalue weighted by atomic mass is 10.1. The molecule has 0 heterocycles. The first-order valence-electron chi connectivity index (χ1n) is 7.08. The molecule has 0 aliphatic carbocycles. The van der Waals surface area contributed by atoms with Crippen LogP contribution in [0.15, 0.2) is 12.1 Å². The lowest BCUT2D eigenvalue weighted by Crippen LogP contribution is -2.24. The summed E-state index contributed by atoms with van der Waals surface area (Å²) >= 11 is 0. The summed E-state index contributed by atoms with van der Waals surface area (Å²) in [5.74, 6) is 2.13. The molecular formula is C15H28Cl2N2O4. The number of aliphatic hydroxyl groups is 1. The zero-order valence-corrected chi connectivity index (χ0v) is 15.5. The Kier molecular flexibility index (Phi) is 15.5. The van der Waals surface area contributed by atoms with Crippen LogP contribution in [0.5, 0.6) is 17.2 Å². The molecule has 1 rings (SSSR count). The van der Waals surface area contributed by atoms with Gasteiger partial charge in [0.1, 0.15) is 5.75 Å². The van der Waals surface area contributed by atoms with Gasteiger partial charge in [0.2, 0.25) is 0 Å². The summed E-state index contributed by atoms with van der Waals surface area (Å²) < 4.78 is 15.9. The largest absolute Gasteiger partial charge is 0.496 e. The molecule has 0 saturated carbocycles. The highest BCUT2D eigenvalue weighted by Crippen LogP contribution is 2.34. The lowest BCUT2D eigenvalue weighted by molar-refractivity contribution is 0.292. The summed E-state index contributed by atoms with van der Waals surface area (Å²) in [6.45, 7) is 3.29. The molecule has 0 spiro atoms. The van der Waals surface area contributed by atoms with Crippen LogP contribution in [0.4, 0.5) is 0 Å². The fourth-order valence-electron chi connectivity index (χ4n) is 2.00. The lowest BCUT2D eigenvalue weighted by Gasteiger charge is -2.14. The summed E-state index contributed by atoms with van der Waals surface area (Å²) in [6, 6.07) is 3.76. The van der Waals surface area contributed by atoms with Gasteiger partial charge in [-0.05, 0) is 25.6 Å². The van der Waals surface area contributed by atoms with Gasteiger partial charge >= 0.3 is 0 Å². The van der Waals surface area contributed by atoms with Crippen LogP contribution in [-0.4, -0.2) is 52.7 Å². The Morgan fingerprint density at radius 3 is 1.96 bits per heavy atom. The number of benzene rings is 1. The molecule has 136 valence electrons. The van der Waals surface area contributed by atoms with Crippen molar-refractivity contribution in [2.24, 2.45) is 0 Å². The highest BCUT2D eigenvalue weighted by atomic mass is 35.5. The van der Waals surface area contributed by atoms with E-state index in [4.69, 9.17) is 19.3 Å². The van der Waals surface area contributed by atoms with Crippen LogP contribution in [0.3, 0.4) is 0 Å². The van der Waals surface area contributed by atoms with Gasteiger partial charge in [0.15, 0.2) is 11.5 Å². The maximum atomic E-state index is 8.65. The number of aliphatic hydroxyl groups excluding tert-OH is 1.